The Morgan fingerprint density at radius 1 is 1.02 bits per heavy atom. The van der Waals surface area contributed by atoms with Gasteiger partial charge in [-0.15, -0.1) is 11.8 Å². The fourth-order valence-electron chi connectivity index (χ4n) is 9.81. The Hall–Kier alpha value is -5.51. The van der Waals surface area contributed by atoms with Gasteiger partial charge in [-0.3, -0.25) is 9.79 Å². The summed E-state index contributed by atoms with van der Waals surface area (Å²) < 4.78 is 24.5. The topological polar surface area (TPSA) is 223 Å². The molecule has 16 heteroatoms. The molecule has 14 nitrogen and oxygen atoms in total. The Morgan fingerprint density at radius 3 is 2.64 bits per heavy atom. The zero-order chi connectivity index (χ0) is 46.0. The van der Waals surface area contributed by atoms with Gasteiger partial charge >= 0.3 is 5.97 Å². The van der Waals surface area contributed by atoms with E-state index >= 15 is 0 Å². The Kier molecular flexibility index (Phi) is 13.7. The van der Waals surface area contributed by atoms with Crippen LogP contribution in [0.5, 0.6) is 17.2 Å². The van der Waals surface area contributed by atoms with Crippen molar-refractivity contribution in [3.05, 3.63) is 119 Å². The Balaban J connectivity index is 1.04. The summed E-state index contributed by atoms with van der Waals surface area (Å²) in [5.74, 6) is 5.43. The van der Waals surface area contributed by atoms with E-state index in [1.165, 1.54) is 70.0 Å². The summed E-state index contributed by atoms with van der Waals surface area (Å²) in [6.45, 7) is 0.736. The number of nitrogens with one attached hydrogen (secondary N) is 1. The fourth-order valence-corrected chi connectivity index (χ4v) is 11.9. The number of rotatable bonds is 7. The van der Waals surface area contributed by atoms with Crippen LogP contribution in [0.15, 0.2) is 102 Å². The van der Waals surface area contributed by atoms with Crippen molar-refractivity contribution in [3.63, 3.8) is 0 Å². The van der Waals surface area contributed by atoms with Gasteiger partial charge in [0.05, 0.1) is 17.7 Å². The first-order chi connectivity index (χ1) is 32.0. The molecule has 1 amide bonds. The third kappa shape index (κ3) is 9.26. The summed E-state index contributed by atoms with van der Waals surface area (Å²) in [6, 6.07) is 18.7. The highest BCUT2D eigenvalue weighted by Gasteiger charge is 2.59. The second-order valence-electron chi connectivity index (χ2n) is 17.2. The molecule has 2 bridgehead atoms. The molecule has 10 atom stereocenters. The molecule has 4 aliphatic heterocycles. The van der Waals surface area contributed by atoms with Crippen molar-refractivity contribution in [2.75, 3.05) is 31.3 Å². The smallest absolute Gasteiger partial charge is 0.335 e. The highest BCUT2D eigenvalue weighted by molar-refractivity contribution is 8.76. The number of primary amides is 1. The number of nitrogens with two attached hydrogens (primary N) is 1. The number of aromatic hydroxyl groups is 1. The van der Waals surface area contributed by atoms with Crippen LogP contribution in [0.3, 0.4) is 0 Å². The number of fused-ring (bicyclic) bond motifs is 8. The number of carboxylic acid groups (broad SMARTS) is 1. The average Bonchev–Trinajstić information content (AvgIpc) is 3.84. The number of benzene rings is 3. The quantitative estimate of drug-likeness (QED) is 0.109. The Bertz CT molecular complexity index is 2570. The molecule has 4 heterocycles. The number of carbonyl (C=O) groups excluding carboxylic acids is 1. The van der Waals surface area contributed by atoms with Crippen molar-refractivity contribution >= 4 is 56.6 Å². The van der Waals surface area contributed by atoms with Crippen LogP contribution in [0, 0.1) is 29.6 Å². The van der Waals surface area contributed by atoms with Crippen LogP contribution in [0.25, 0.3) is 16.9 Å². The lowest BCUT2D eigenvalue weighted by atomic mass is 9.74. The van der Waals surface area contributed by atoms with Crippen molar-refractivity contribution in [2.24, 2.45) is 28.5 Å². The number of carbonyl (C=O) groups is 2. The van der Waals surface area contributed by atoms with E-state index in [-0.39, 0.29) is 64.4 Å². The van der Waals surface area contributed by atoms with Gasteiger partial charge in [-0.2, -0.15) is 0 Å². The molecular formula is C50H51N3O11S2. The van der Waals surface area contributed by atoms with Crippen molar-refractivity contribution in [3.8, 4) is 29.1 Å². The van der Waals surface area contributed by atoms with Crippen LogP contribution < -0.4 is 20.5 Å². The number of ether oxygens (including phenoxy) is 4. The summed E-state index contributed by atoms with van der Waals surface area (Å²) in [5, 5.41) is 59.5. The van der Waals surface area contributed by atoms with Crippen molar-refractivity contribution in [2.45, 2.75) is 67.9 Å². The van der Waals surface area contributed by atoms with Crippen LogP contribution in [-0.2, 0) is 19.1 Å². The van der Waals surface area contributed by atoms with Gasteiger partial charge in [0.25, 0.3) is 5.91 Å². The molecule has 10 unspecified atom stereocenters. The number of aliphatic hydroxyl groups is 3. The molecular weight excluding hydrogens is 883 g/mol. The molecule has 3 aromatic carbocycles. The molecule has 10 rings (SSSR count). The molecule has 0 spiro atoms. The van der Waals surface area contributed by atoms with Gasteiger partial charge in [0.1, 0.15) is 41.2 Å². The monoisotopic (exact) mass is 933 g/mol. The standard InChI is InChI=1S/C50H51N3O11S2/c51-47(57)44-41(31-14-16-33(54)17-15-31)42(55)37-19-18-34(22-40(37)63-44)62-49-50(60)26-53-24-38(29-7-3-1-2-6-28-10-12-30(13-11-29)36-9-5-4-8-35(28)36)39(32-20-21-52-23-32)25-65-66-27-61-46(50)43(56)45(64-49)48(58)59/h4-5,8-10,12-20,22-23,28-29,38-39,43-46,49,53-56,60H,2,6-7,11,21,24-27H2,(H2,51,57)(H,58,59). The Morgan fingerprint density at radius 2 is 1.85 bits per heavy atom. The van der Waals surface area contributed by atoms with Crippen LogP contribution in [0.4, 0.5) is 0 Å². The number of β-amino-alcohol motifs (C(OH)–C–C–N with tert-alkyl or cyclic N) is 1. The number of phenols is 1. The molecule has 0 radical (unpaired) electrons. The van der Waals surface area contributed by atoms with E-state index in [1.54, 1.807) is 10.8 Å². The second kappa shape index (κ2) is 19.8. The molecule has 3 aromatic rings. The van der Waals surface area contributed by atoms with Crippen molar-refractivity contribution < 1.29 is 54.1 Å². The number of aliphatic hydroxyl groups excluding tert-OH is 2. The number of nitrogens with zero attached hydrogens (tertiary/aromatic N) is 1. The number of allylic oxidation sites excluding steroid dienone is 5. The van der Waals surface area contributed by atoms with Crippen LogP contribution in [0.2, 0.25) is 0 Å². The molecule has 7 aliphatic rings. The number of hydrogen-bond donors (Lipinski definition) is 7. The van der Waals surface area contributed by atoms with E-state index in [2.05, 4.69) is 70.7 Å². The van der Waals surface area contributed by atoms with Crippen molar-refractivity contribution in [1.29, 1.82) is 0 Å². The van der Waals surface area contributed by atoms with E-state index in [0.717, 1.165) is 24.8 Å². The number of aliphatic carboxylic acids is 1. The van der Waals surface area contributed by atoms with Crippen LogP contribution >= 0.6 is 21.6 Å². The molecule has 0 aromatic heterocycles. The van der Waals surface area contributed by atoms with E-state index in [4.69, 9.17) is 24.7 Å². The molecule has 2 saturated heterocycles. The molecule has 8 N–H and O–H groups in total. The number of amides is 1. The molecule has 3 aliphatic carbocycles. The van der Waals surface area contributed by atoms with E-state index in [9.17, 15) is 35.1 Å². The minimum absolute atomic E-state index is 0.00717. The number of phenolic OH excluding ortho intramolecular Hbond substituents is 1. The summed E-state index contributed by atoms with van der Waals surface area (Å²) >= 11 is 0. The normalized spacial score (nSPS) is 31.0. The van der Waals surface area contributed by atoms with Gasteiger partial charge in [0, 0.05) is 43.3 Å². The summed E-state index contributed by atoms with van der Waals surface area (Å²) in [6.07, 6.45) is 5.73. The van der Waals surface area contributed by atoms with E-state index < -0.39 is 48.2 Å². The number of hydrogen-bond acceptors (Lipinski definition) is 14. The van der Waals surface area contributed by atoms with Crippen molar-refractivity contribution in [1.82, 2.24) is 5.32 Å². The van der Waals surface area contributed by atoms with Gasteiger partial charge in [0.15, 0.2) is 11.7 Å². The Labute approximate surface area is 390 Å². The number of carboxylic acids is 1. The molecule has 2 fully saturated rings. The highest BCUT2D eigenvalue weighted by atomic mass is 33.1. The fraction of sp³-hybridized carbons (Fsp3) is 0.380. The second-order valence-corrected chi connectivity index (χ2v) is 19.7. The van der Waals surface area contributed by atoms with Gasteiger partial charge in [0.2, 0.25) is 12.4 Å². The maximum Gasteiger partial charge on any atom is 0.335 e. The largest absolute Gasteiger partial charge is 0.508 e. The summed E-state index contributed by atoms with van der Waals surface area (Å²) in [5.41, 5.74) is 9.11. The maximum absolute atomic E-state index is 12.9. The lowest BCUT2D eigenvalue weighted by molar-refractivity contribution is -0.316. The lowest BCUT2D eigenvalue weighted by Crippen LogP contribution is -2.72. The summed E-state index contributed by atoms with van der Waals surface area (Å²) in [4.78, 5) is 29.9. The third-order valence-electron chi connectivity index (χ3n) is 13.2. The molecule has 0 saturated carbocycles. The first-order valence-corrected chi connectivity index (χ1v) is 24.5. The zero-order valence-electron chi connectivity index (χ0n) is 35.8. The van der Waals surface area contributed by atoms with Gasteiger partial charge < -0.3 is 55.5 Å². The van der Waals surface area contributed by atoms with E-state index in [0.29, 0.717) is 36.7 Å². The highest BCUT2D eigenvalue weighted by Crippen LogP contribution is 2.44. The minimum Gasteiger partial charge on any atom is -0.508 e. The minimum atomic E-state index is -2.19. The lowest BCUT2D eigenvalue weighted by Gasteiger charge is -2.49. The predicted octanol–water partition coefficient (Wildman–Crippen LogP) is 5.85. The molecule has 344 valence electrons. The average molecular weight is 934 g/mol. The number of aliphatic imine (C=N–C) groups is 1. The first kappa shape index (κ1) is 45.6. The van der Waals surface area contributed by atoms with Gasteiger partial charge in [-0.05, 0) is 89.2 Å². The molecule has 66 heavy (non-hydrogen) atoms. The summed E-state index contributed by atoms with van der Waals surface area (Å²) in [7, 11) is 2.99. The zero-order valence-corrected chi connectivity index (χ0v) is 37.5. The third-order valence-corrected chi connectivity index (χ3v) is 15.3. The van der Waals surface area contributed by atoms with Gasteiger partial charge in [-0.1, -0.05) is 82.3 Å². The first-order valence-electron chi connectivity index (χ1n) is 22.0. The maximum atomic E-state index is 12.9. The SMILES string of the molecule is NC(=O)C1Oc2cc(OC3OC(C(=O)O)C(O)C4OCSSCC(C5=CCN=C5)C(C5CC#CCCC6C=CC(=CC5)c5ccccc56)CNCC34O)ccc2C(O)=C1c1ccc(O)cc1. The van der Waals surface area contributed by atoms with Crippen LogP contribution in [0.1, 0.15) is 53.9 Å². The van der Waals surface area contributed by atoms with Gasteiger partial charge in [-0.25, -0.2) is 4.79 Å². The predicted molar refractivity (Wildman–Crippen MR) is 253 cm³/mol. The van der Waals surface area contributed by atoms with Crippen LogP contribution in [-0.4, -0.2) is 111 Å². The van der Waals surface area contributed by atoms with E-state index in [1.807, 2.05) is 6.21 Å².